The van der Waals surface area contributed by atoms with Crippen LogP contribution in [0, 0.1) is 0 Å². The average Bonchev–Trinajstić information content (AvgIpc) is 3.49. The largest absolute Gasteiger partial charge is 0.454 e. The second kappa shape index (κ2) is 57.3. The van der Waals surface area contributed by atoms with Gasteiger partial charge in [-0.05, 0) is 96.3 Å². The van der Waals surface area contributed by atoms with Crippen molar-refractivity contribution >= 4 is 11.9 Å². The lowest BCUT2D eigenvalue weighted by Gasteiger charge is -2.41. The molecule has 1 aliphatic rings. The summed E-state index contributed by atoms with van der Waals surface area (Å²) in [6, 6.07) is -1.04. The SMILES string of the molecule is CC/C=C\C/C=C\C/C=C\C/C=C\C/C=C\CCCCCCCCC(O)C(=O)NC(COC1OC(CO)C(O)C(O)C1OC(=O)CCCCCCCCC/C=C/CCCCCCCC)C(O)/C=C/CCCCCCCCCCCCC. The van der Waals surface area contributed by atoms with Crippen molar-refractivity contribution in [3.05, 3.63) is 85.1 Å². The number of ether oxygens (including phenoxy) is 3. The second-order valence-electron chi connectivity index (χ2n) is 22.8. The Labute approximate surface area is 495 Å². The van der Waals surface area contributed by atoms with E-state index in [-0.39, 0.29) is 19.4 Å². The van der Waals surface area contributed by atoms with Crippen LogP contribution in [0.1, 0.15) is 284 Å². The number of nitrogens with one attached hydrogen (secondary N) is 1. The first-order chi connectivity index (χ1) is 39.7. The van der Waals surface area contributed by atoms with Gasteiger partial charge in [-0.15, -0.1) is 0 Å². The summed E-state index contributed by atoms with van der Waals surface area (Å²) in [6.07, 6.45) is 64.7. The van der Waals surface area contributed by atoms with Crippen LogP contribution in [0.4, 0.5) is 0 Å². The molecule has 1 rings (SSSR count). The molecular weight excluding hydrogens is 1010 g/mol. The van der Waals surface area contributed by atoms with E-state index in [2.05, 4.69) is 99.0 Å². The Hall–Kier alpha value is -3.16. The number of hydrogen-bond donors (Lipinski definition) is 6. The molecule has 468 valence electrons. The number of allylic oxidation sites excluding steroid dienone is 13. The highest BCUT2D eigenvalue weighted by atomic mass is 16.7. The maximum Gasteiger partial charge on any atom is 0.306 e. The average molecular weight is 1140 g/mol. The molecule has 0 aromatic heterocycles. The molecule has 0 saturated carbocycles. The number of aliphatic hydroxyl groups excluding tert-OH is 5. The van der Waals surface area contributed by atoms with Crippen molar-refractivity contribution in [3.8, 4) is 0 Å². The fourth-order valence-electron chi connectivity index (χ4n) is 10.0. The summed E-state index contributed by atoms with van der Waals surface area (Å²) in [5.41, 5.74) is 0. The number of carbonyl (C=O) groups excluding carboxylic acids is 2. The van der Waals surface area contributed by atoms with E-state index in [1.165, 1.54) is 116 Å². The Bertz CT molecular complexity index is 1640. The Kier molecular flexibility index (Phi) is 53.6. The summed E-state index contributed by atoms with van der Waals surface area (Å²) in [7, 11) is 0. The molecule has 0 spiro atoms. The molecule has 81 heavy (non-hydrogen) atoms. The van der Waals surface area contributed by atoms with Crippen molar-refractivity contribution in [2.75, 3.05) is 13.2 Å². The third kappa shape index (κ3) is 45.0. The maximum atomic E-state index is 13.5. The number of carbonyl (C=O) groups is 2. The monoisotopic (exact) mass is 1140 g/mol. The number of hydrogen-bond acceptors (Lipinski definition) is 10. The fourth-order valence-corrected chi connectivity index (χ4v) is 10.0. The molecular formula is C70H123NO10. The van der Waals surface area contributed by atoms with Gasteiger partial charge in [-0.3, -0.25) is 9.59 Å². The normalized spacial score (nSPS) is 19.2. The summed E-state index contributed by atoms with van der Waals surface area (Å²) in [5, 5.41) is 57.1. The van der Waals surface area contributed by atoms with Gasteiger partial charge in [0, 0.05) is 6.42 Å². The molecule has 1 saturated heterocycles. The first-order valence-electron chi connectivity index (χ1n) is 33.4. The molecule has 1 heterocycles. The zero-order chi connectivity index (χ0) is 58.9. The van der Waals surface area contributed by atoms with E-state index < -0.39 is 67.4 Å². The van der Waals surface area contributed by atoms with Crippen LogP contribution in [0.2, 0.25) is 0 Å². The topological polar surface area (TPSA) is 175 Å². The van der Waals surface area contributed by atoms with Crippen LogP contribution < -0.4 is 5.32 Å². The highest BCUT2D eigenvalue weighted by Crippen LogP contribution is 2.26. The van der Waals surface area contributed by atoms with E-state index in [9.17, 15) is 35.1 Å². The molecule has 0 radical (unpaired) electrons. The van der Waals surface area contributed by atoms with Crippen molar-refractivity contribution in [1.29, 1.82) is 0 Å². The highest BCUT2D eigenvalue weighted by molar-refractivity contribution is 5.80. The Balaban J connectivity index is 2.66. The van der Waals surface area contributed by atoms with E-state index in [1.807, 2.05) is 6.08 Å². The summed E-state index contributed by atoms with van der Waals surface area (Å²) in [6.45, 7) is 5.68. The minimum Gasteiger partial charge on any atom is -0.454 e. The Morgan fingerprint density at radius 2 is 0.889 bits per heavy atom. The summed E-state index contributed by atoms with van der Waals surface area (Å²) < 4.78 is 17.7. The van der Waals surface area contributed by atoms with Gasteiger partial charge in [0.15, 0.2) is 12.4 Å². The number of unbranched alkanes of at least 4 members (excludes halogenated alkanes) is 30. The van der Waals surface area contributed by atoms with Crippen molar-refractivity contribution in [2.45, 2.75) is 333 Å². The Morgan fingerprint density at radius 3 is 1.35 bits per heavy atom. The molecule has 6 N–H and O–H groups in total. The van der Waals surface area contributed by atoms with Gasteiger partial charge in [0.05, 0.1) is 25.4 Å². The van der Waals surface area contributed by atoms with Gasteiger partial charge >= 0.3 is 5.97 Å². The summed E-state index contributed by atoms with van der Waals surface area (Å²) >= 11 is 0. The van der Waals surface area contributed by atoms with E-state index in [0.717, 1.165) is 122 Å². The van der Waals surface area contributed by atoms with E-state index in [4.69, 9.17) is 14.2 Å². The molecule has 1 amide bonds. The number of aliphatic hydroxyl groups is 5. The lowest BCUT2D eigenvalue weighted by atomic mass is 9.99. The zero-order valence-corrected chi connectivity index (χ0v) is 51.9. The van der Waals surface area contributed by atoms with Crippen LogP contribution in [0.15, 0.2) is 85.1 Å². The van der Waals surface area contributed by atoms with Gasteiger partial charge in [-0.25, -0.2) is 0 Å². The summed E-state index contributed by atoms with van der Waals surface area (Å²) in [5.74, 6) is -1.21. The third-order valence-corrected chi connectivity index (χ3v) is 15.3. The Morgan fingerprint density at radius 1 is 0.494 bits per heavy atom. The molecule has 0 aliphatic carbocycles. The second-order valence-corrected chi connectivity index (χ2v) is 22.8. The van der Waals surface area contributed by atoms with Gasteiger partial charge < -0.3 is 45.1 Å². The minimum atomic E-state index is -1.62. The molecule has 8 unspecified atom stereocenters. The molecule has 8 atom stereocenters. The van der Waals surface area contributed by atoms with Crippen LogP contribution >= 0.6 is 0 Å². The predicted octanol–water partition coefficient (Wildman–Crippen LogP) is 16.5. The standard InChI is InChI=1S/C70H123NO10/c1-4-7-10-13-16-19-22-25-27-29-30-31-32-33-35-36-39-42-45-48-51-54-57-63(74)69(78)71-61(62(73)56-53-50-47-44-41-38-24-21-18-15-12-9-6-3)60-79-70-68(67(77)66(76)64(59-72)80-70)81-65(75)58-55-52-49-46-43-40-37-34-28-26-23-20-17-14-11-8-5-2/h7,10,16,19,25-28,30-31,33,35,53,56,61-64,66-68,70,72-74,76-77H,4-6,8-9,11-15,17-18,20-24,29,32,34,36-52,54-55,57-60H2,1-3H3,(H,71,78)/b10-7-,19-16-,27-25-,28-26+,31-30-,35-33-,56-53+. The molecule has 11 heteroatoms. The van der Waals surface area contributed by atoms with E-state index in [1.54, 1.807) is 6.08 Å². The molecule has 1 fully saturated rings. The van der Waals surface area contributed by atoms with E-state index in [0.29, 0.717) is 12.8 Å². The van der Waals surface area contributed by atoms with Crippen LogP contribution in [0.25, 0.3) is 0 Å². The van der Waals surface area contributed by atoms with E-state index >= 15 is 0 Å². The van der Waals surface area contributed by atoms with Crippen molar-refractivity contribution in [3.63, 3.8) is 0 Å². The summed E-state index contributed by atoms with van der Waals surface area (Å²) in [4.78, 5) is 26.6. The van der Waals surface area contributed by atoms with Gasteiger partial charge in [-0.1, -0.05) is 266 Å². The van der Waals surface area contributed by atoms with Crippen LogP contribution in [0.5, 0.6) is 0 Å². The lowest BCUT2D eigenvalue weighted by molar-refractivity contribution is -0.305. The highest BCUT2D eigenvalue weighted by Gasteiger charge is 2.47. The number of esters is 1. The lowest BCUT2D eigenvalue weighted by Crippen LogP contribution is -2.61. The minimum absolute atomic E-state index is 0.115. The molecule has 0 aromatic rings. The first kappa shape index (κ1) is 75.9. The molecule has 11 nitrogen and oxygen atoms in total. The van der Waals surface area contributed by atoms with Gasteiger partial charge in [0.25, 0.3) is 0 Å². The number of amides is 1. The fraction of sp³-hybridized carbons (Fsp3) is 0.771. The van der Waals surface area contributed by atoms with Gasteiger partial charge in [0.2, 0.25) is 5.91 Å². The molecule has 1 aliphatic heterocycles. The molecule has 0 bridgehead atoms. The van der Waals surface area contributed by atoms with Crippen molar-refractivity contribution in [1.82, 2.24) is 5.32 Å². The smallest absolute Gasteiger partial charge is 0.306 e. The van der Waals surface area contributed by atoms with Crippen LogP contribution in [-0.4, -0.2) is 99.6 Å². The van der Waals surface area contributed by atoms with Crippen LogP contribution in [0.3, 0.4) is 0 Å². The zero-order valence-electron chi connectivity index (χ0n) is 51.9. The van der Waals surface area contributed by atoms with Gasteiger partial charge in [0.1, 0.15) is 24.4 Å². The van der Waals surface area contributed by atoms with Crippen molar-refractivity contribution in [2.24, 2.45) is 0 Å². The quantitative estimate of drug-likeness (QED) is 0.0195. The van der Waals surface area contributed by atoms with Crippen LogP contribution in [-0.2, 0) is 23.8 Å². The predicted molar refractivity (Wildman–Crippen MR) is 338 cm³/mol. The van der Waals surface area contributed by atoms with Gasteiger partial charge in [-0.2, -0.15) is 0 Å². The first-order valence-corrected chi connectivity index (χ1v) is 33.4. The maximum absolute atomic E-state index is 13.5. The number of rotatable bonds is 56. The molecule has 0 aromatic carbocycles. The van der Waals surface area contributed by atoms with Crippen molar-refractivity contribution < 1.29 is 49.3 Å². The third-order valence-electron chi connectivity index (χ3n) is 15.3.